The van der Waals surface area contributed by atoms with Crippen LogP contribution in [0.25, 0.3) is 0 Å². The van der Waals surface area contributed by atoms with Gasteiger partial charge in [0.1, 0.15) is 0 Å². The van der Waals surface area contributed by atoms with Crippen LogP contribution in [0.4, 0.5) is 4.39 Å². The van der Waals surface area contributed by atoms with Crippen molar-refractivity contribution in [2.45, 2.75) is 58.9 Å². The van der Waals surface area contributed by atoms with Crippen molar-refractivity contribution in [1.82, 2.24) is 0 Å². The minimum absolute atomic E-state index is 0.0819. The summed E-state index contributed by atoms with van der Waals surface area (Å²) in [5.41, 5.74) is 0. The van der Waals surface area contributed by atoms with E-state index in [1.807, 2.05) is 13.8 Å². The Kier molecular flexibility index (Phi) is 5.74. The number of rotatable bonds is 5. The maximum absolute atomic E-state index is 12.9. The van der Waals surface area contributed by atoms with Gasteiger partial charge in [0.2, 0.25) is 0 Å². The Hall–Kier alpha value is -0.483. The molecule has 0 aromatic heterocycles. The second-order valence-electron chi connectivity index (χ2n) is 6.11. The fraction of sp³-hybridized carbons (Fsp3) is 0.769. The Bertz CT molecular complexity index is 292. The van der Waals surface area contributed by atoms with Crippen molar-refractivity contribution in [1.29, 1.82) is 0 Å². The molecule has 0 heterocycles. The molecule has 0 amide bonds. The molecule has 0 saturated heterocycles. The van der Waals surface area contributed by atoms with Crippen LogP contribution in [0.1, 0.15) is 34.6 Å². The van der Waals surface area contributed by atoms with Gasteiger partial charge in [0.05, 0.1) is 0 Å². The molecule has 2 nitrogen and oxygen atoms in total. The molecule has 0 fully saturated rings. The maximum atomic E-state index is 12.9. The summed E-state index contributed by atoms with van der Waals surface area (Å²) in [5.74, 6) is -0.822. The first-order valence-corrected chi connectivity index (χ1v) is 8.92. The highest BCUT2D eigenvalue weighted by Crippen LogP contribution is 2.38. The van der Waals surface area contributed by atoms with E-state index >= 15 is 0 Å². The van der Waals surface area contributed by atoms with Crippen LogP contribution in [0.5, 0.6) is 0 Å². The molecule has 4 heteroatoms. The van der Waals surface area contributed by atoms with E-state index < -0.39 is 14.1 Å². The van der Waals surface area contributed by atoms with E-state index in [1.165, 1.54) is 6.08 Å². The predicted molar refractivity (Wildman–Crippen MR) is 72.2 cm³/mol. The zero-order chi connectivity index (χ0) is 13.9. The van der Waals surface area contributed by atoms with E-state index in [0.717, 1.165) is 0 Å². The summed E-state index contributed by atoms with van der Waals surface area (Å²) >= 11 is 0. The van der Waals surface area contributed by atoms with Gasteiger partial charge in [-0.1, -0.05) is 27.7 Å². The van der Waals surface area contributed by atoms with Crippen molar-refractivity contribution in [2.24, 2.45) is 5.92 Å². The third-order valence-electron chi connectivity index (χ3n) is 3.56. The third kappa shape index (κ3) is 5.13. The van der Waals surface area contributed by atoms with Gasteiger partial charge in [-0.05, 0) is 31.1 Å². The SMILES string of the molecule is C[C@H](/C=C(/F)C=O)[C@@H](C)O[Si](C)(C)C(C)(C)C. The minimum atomic E-state index is -1.83. The number of hydrogen-bond donors (Lipinski definition) is 0. The molecule has 0 unspecified atom stereocenters. The normalized spacial score (nSPS) is 17.8. The molecule has 100 valence electrons. The standard InChI is InChI=1S/C13H25FO2Si/c1-10(8-12(14)9-15)11(2)16-17(6,7)13(3,4)5/h8-11H,1-7H3/b12-8+/t10-,11-/m1/s1. The van der Waals surface area contributed by atoms with Crippen LogP contribution in [0, 0.1) is 5.92 Å². The molecule has 0 aliphatic heterocycles. The summed E-state index contributed by atoms with van der Waals surface area (Å²) in [7, 11) is -1.83. The molecular formula is C13H25FO2Si. The number of carbonyl (C=O) groups is 1. The maximum Gasteiger partial charge on any atom is 0.192 e. The van der Waals surface area contributed by atoms with Gasteiger partial charge >= 0.3 is 0 Å². The lowest BCUT2D eigenvalue weighted by Crippen LogP contribution is -2.44. The summed E-state index contributed by atoms with van der Waals surface area (Å²) in [4.78, 5) is 10.2. The van der Waals surface area contributed by atoms with Crippen LogP contribution < -0.4 is 0 Å². The summed E-state index contributed by atoms with van der Waals surface area (Å²) < 4.78 is 19.0. The van der Waals surface area contributed by atoms with Crippen LogP contribution in [-0.2, 0) is 9.22 Å². The molecule has 0 aliphatic carbocycles. The van der Waals surface area contributed by atoms with Crippen molar-refractivity contribution < 1.29 is 13.6 Å². The molecule has 17 heavy (non-hydrogen) atoms. The Morgan fingerprint density at radius 3 is 2.12 bits per heavy atom. The average molecular weight is 260 g/mol. The van der Waals surface area contributed by atoms with Crippen molar-refractivity contribution in [3.8, 4) is 0 Å². The molecular weight excluding hydrogens is 235 g/mol. The molecule has 0 radical (unpaired) electrons. The first-order chi connectivity index (χ1) is 7.51. The molecule has 0 aromatic rings. The minimum Gasteiger partial charge on any atom is -0.414 e. The lowest BCUT2D eigenvalue weighted by Gasteiger charge is -2.39. The predicted octanol–water partition coefficient (Wildman–Crippen LogP) is 4.09. The second kappa shape index (κ2) is 5.91. The van der Waals surface area contributed by atoms with Gasteiger partial charge in [0, 0.05) is 12.0 Å². The summed E-state index contributed by atoms with van der Waals surface area (Å²) in [5, 5.41) is 0.133. The van der Waals surface area contributed by atoms with E-state index in [2.05, 4.69) is 33.9 Å². The van der Waals surface area contributed by atoms with E-state index in [1.54, 1.807) is 0 Å². The third-order valence-corrected chi connectivity index (χ3v) is 8.14. The Balaban J connectivity index is 4.65. The molecule has 0 aliphatic rings. The molecule has 0 aromatic carbocycles. The molecule has 0 rings (SSSR count). The monoisotopic (exact) mass is 260 g/mol. The van der Waals surface area contributed by atoms with Gasteiger partial charge in [0.15, 0.2) is 20.4 Å². The van der Waals surface area contributed by atoms with Crippen molar-refractivity contribution in [2.75, 3.05) is 0 Å². The average Bonchev–Trinajstić information content (AvgIpc) is 2.14. The van der Waals surface area contributed by atoms with Crippen LogP contribution in [0.2, 0.25) is 18.1 Å². The quantitative estimate of drug-likeness (QED) is 0.423. The summed E-state index contributed by atoms with van der Waals surface area (Å²) in [6, 6.07) is 0. The van der Waals surface area contributed by atoms with Crippen LogP contribution >= 0.6 is 0 Å². The lowest BCUT2D eigenvalue weighted by molar-refractivity contribution is -0.106. The molecule has 2 atom stereocenters. The smallest absolute Gasteiger partial charge is 0.192 e. The zero-order valence-corrected chi connectivity index (χ0v) is 13.0. The Morgan fingerprint density at radius 1 is 1.29 bits per heavy atom. The first kappa shape index (κ1) is 16.5. The van der Waals surface area contributed by atoms with Gasteiger partial charge in [-0.2, -0.15) is 0 Å². The zero-order valence-electron chi connectivity index (χ0n) is 12.0. The first-order valence-electron chi connectivity index (χ1n) is 6.01. The molecule has 0 spiro atoms. The van der Waals surface area contributed by atoms with Gasteiger partial charge in [-0.25, -0.2) is 4.39 Å². The van der Waals surface area contributed by atoms with Gasteiger partial charge in [0.25, 0.3) is 0 Å². The van der Waals surface area contributed by atoms with Gasteiger partial charge < -0.3 is 4.43 Å². The fourth-order valence-electron chi connectivity index (χ4n) is 1.17. The Labute approximate surface area is 105 Å². The number of aldehydes is 1. The van der Waals surface area contributed by atoms with Crippen molar-refractivity contribution >= 4 is 14.6 Å². The van der Waals surface area contributed by atoms with E-state index in [-0.39, 0.29) is 23.3 Å². The molecule has 0 N–H and O–H groups in total. The number of halogens is 1. The lowest BCUT2D eigenvalue weighted by atomic mass is 10.1. The van der Waals surface area contributed by atoms with Crippen LogP contribution in [0.3, 0.4) is 0 Å². The summed E-state index contributed by atoms with van der Waals surface area (Å²) in [6.45, 7) is 14.6. The summed E-state index contributed by atoms with van der Waals surface area (Å²) in [6.07, 6.45) is 1.47. The number of hydrogen-bond acceptors (Lipinski definition) is 2. The topological polar surface area (TPSA) is 26.3 Å². The number of allylic oxidation sites excluding steroid dienone is 1. The largest absolute Gasteiger partial charge is 0.414 e. The molecule has 0 saturated carbocycles. The van der Waals surface area contributed by atoms with Gasteiger partial charge in [-0.3, -0.25) is 4.79 Å². The van der Waals surface area contributed by atoms with Crippen molar-refractivity contribution in [3.05, 3.63) is 11.9 Å². The van der Waals surface area contributed by atoms with E-state index in [0.29, 0.717) is 0 Å². The molecule has 0 bridgehead atoms. The van der Waals surface area contributed by atoms with Crippen molar-refractivity contribution in [3.63, 3.8) is 0 Å². The fourth-order valence-corrected chi connectivity index (χ4v) is 2.67. The number of carbonyl (C=O) groups excluding carboxylic acids is 1. The van der Waals surface area contributed by atoms with E-state index in [4.69, 9.17) is 4.43 Å². The van der Waals surface area contributed by atoms with Crippen LogP contribution in [-0.4, -0.2) is 20.7 Å². The highest BCUT2D eigenvalue weighted by atomic mass is 28.4. The highest BCUT2D eigenvalue weighted by Gasteiger charge is 2.38. The Morgan fingerprint density at radius 2 is 1.76 bits per heavy atom. The highest BCUT2D eigenvalue weighted by molar-refractivity contribution is 6.74. The second-order valence-corrected chi connectivity index (χ2v) is 10.9. The van der Waals surface area contributed by atoms with E-state index in [9.17, 15) is 9.18 Å². The van der Waals surface area contributed by atoms with Gasteiger partial charge in [-0.15, -0.1) is 0 Å². The van der Waals surface area contributed by atoms with Crippen LogP contribution in [0.15, 0.2) is 11.9 Å².